The smallest absolute Gasteiger partial charge is 0.273 e. The van der Waals surface area contributed by atoms with Gasteiger partial charge in [0.05, 0.1) is 11.3 Å². The molecule has 0 spiro atoms. The minimum atomic E-state index is -0.337. The van der Waals surface area contributed by atoms with Crippen LogP contribution in [0.4, 0.5) is 5.69 Å². The number of nitrogens with zero attached hydrogens (tertiary/aromatic N) is 2. The average Bonchev–Trinajstić information content (AvgIpc) is 2.88. The Labute approximate surface area is 145 Å². The van der Waals surface area contributed by atoms with Crippen molar-refractivity contribution in [3.63, 3.8) is 0 Å². The van der Waals surface area contributed by atoms with Crippen LogP contribution in [0.5, 0.6) is 0 Å². The van der Waals surface area contributed by atoms with Gasteiger partial charge in [-0.3, -0.25) is 4.79 Å². The van der Waals surface area contributed by atoms with Crippen molar-refractivity contribution in [3.8, 4) is 11.5 Å². The van der Waals surface area contributed by atoms with Crippen LogP contribution >= 0.6 is 11.6 Å². The fraction of sp³-hybridized carbons (Fsp3) is 0.438. The number of rotatable bonds is 7. The third-order valence-corrected chi connectivity index (χ3v) is 3.38. The number of carbonyl (C=O) groups is 1. The predicted molar refractivity (Wildman–Crippen MR) is 92.3 cm³/mol. The molecule has 0 aliphatic carbocycles. The molecule has 0 fully saturated rings. The molecule has 2 rings (SSSR count). The Morgan fingerprint density at radius 2 is 2.21 bits per heavy atom. The molecular formula is C16H21ClN4O3. The number of hydrogen-bond acceptors (Lipinski definition) is 6. The number of aliphatic hydroxyl groups is 1. The van der Waals surface area contributed by atoms with Crippen LogP contribution in [0.15, 0.2) is 16.7 Å². The summed E-state index contributed by atoms with van der Waals surface area (Å²) in [6, 6.07) is 1.87. The van der Waals surface area contributed by atoms with E-state index in [1.54, 1.807) is 19.2 Å². The van der Waals surface area contributed by atoms with Crippen molar-refractivity contribution in [1.82, 2.24) is 15.3 Å². The van der Waals surface area contributed by atoms with Crippen molar-refractivity contribution in [2.24, 2.45) is 0 Å². The van der Waals surface area contributed by atoms with Crippen molar-refractivity contribution >= 4 is 23.2 Å². The maximum atomic E-state index is 12.1. The molecular weight excluding hydrogens is 332 g/mol. The van der Waals surface area contributed by atoms with Gasteiger partial charge in [-0.15, -0.1) is 0 Å². The highest BCUT2D eigenvalue weighted by atomic mass is 35.5. The van der Waals surface area contributed by atoms with E-state index < -0.39 is 0 Å². The summed E-state index contributed by atoms with van der Waals surface area (Å²) in [5, 5.41) is 15.1. The van der Waals surface area contributed by atoms with E-state index in [0.717, 1.165) is 5.69 Å². The Hall–Kier alpha value is -2.12. The van der Waals surface area contributed by atoms with Crippen LogP contribution in [0.2, 0.25) is 5.15 Å². The first-order valence-corrected chi connectivity index (χ1v) is 8.09. The topological polar surface area (TPSA) is 100 Å². The predicted octanol–water partition coefficient (Wildman–Crippen LogP) is 2.63. The molecule has 0 saturated carbocycles. The maximum absolute atomic E-state index is 12.1. The first-order valence-electron chi connectivity index (χ1n) is 7.71. The quantitative estimate of drug-likeness (QED) is 0.523. The lowest BCUT2D eigenvalue weighted by Gasteiger charge is -2.12. The van der Waals surface area contributed by atoms with Crippen LogP contribution in [0, 0.1) is 6.92 Å². The van der Waals surface area contributed by atoms with Gasteiger partial charge in [-0.05, 0) is 33.3 Å². The second-order valence-electron chi connectivity index (χ2n) is 5.61. The standard InChI is InChI=1S/C16H21ClN4O3/c1-9(2)20-12-7-13(17)19-8-11(12)16-21-14(10(3)24-16)15(23)18-5-4-6-22/h7-9,22H,4-6H2,1-3H3,(H,18,23)(H,19,20). The van der Waals surface area contributed by atoms with E-state index in [4.69, 9.17) is 21.1 Å². The van der Waals surface area contributed by atoms with Gasteiger partial charge in [0.1, 0.15) is 10.9 Å². The molecule has 0 aliphatic heterocycles. The molecule has 2 aromatic rings. The molecule has 1 amide bonds. The number of amides is 1. The first-order chi connectivity index (χ1) is 11.4. The molecule has 0 aromatic carbocycles. The molecule has 24 heavy (non-hydrogen) atoms. The van der Waals surface area contributed by atoms with E-state index in [1.165, 1.54) is 0 Å². The summed E-state index contributed by atoms with van der Waals surface area (Å²) in [4.78, 5) is 20.5. The molecule has 2 heterocycles. The molecule has 8 heteroatoms. The minimum absolute atomic E-state index is 0.0179. The number of aliphatic hydroxyl groups excluding tert-OH is 1. The minimum Gasteiger partial charge on any atom is -0.440 e. The molecule has 0 aliphatic rings. The Morgan fingerprint density at radius 1 is 1.46 bits per heavy atom. The number of aromatic nitrogens is 2. The lowest BCUT2D eigenvalue weighted by atomic mass is 10.2. The van der Waals surface area contributed by atoms with Crippen molar-refractivity contribution in [1.29, 1.82) is 0 Å². The molecule has 0 radical (unpaired) electrons. The van der Waals surface area contributed by atoms with Gasteiger partial charge in [-0.1, -0.05) is 11.6 Å². The van der Waals surface area contributed by atoms with Crippen LogP contribution in [0.3, 0.4) is 0 Å². The molecule has 7 nitrogen and oxygen atoms in total. The molecule has 0 unspecified atom stereocenters. The summed E-state index contributed by atoms with van der Waals surface area (Å²) in [5.41, 5.74) is 1.58. The highest BCUT2D eigenvalue weighted by molar-refractivity contribution is 6.29. The second-order valence-corrected chi connectivity index (χ2v) is 6.00. The third-order valence-electron chi connectivity index (χ3n) is 3.18. The van der Waals surface area contributed by atoms with E-state index in [-0.39, 0.29) is 24.2 Å². The highest BCUT2D eigenvalue weighted by Crippen LogP contribution is 2.30. The normalized spacial score (nSPS) is 10.9. The van der Waals surface area contributed by atoms with Crippen molar-refractivity contribution < 1.29 is 14.3 Å². The number of anilines is 1. The molecule has 0 bridgehead atoms. The van der Waals surface area contributed by atoms with Gasteiger partial charge in [-0.25, -0.2) is 9.97 Å². The second kappa shape index (κ2) is 8.12. The molecule has 2 aromatic heterocycles. The van der Waals surface area contributed by atoms with Gasteiger partial charge >= 0.3 is 0 Å². The van der Waals surface area contributed by atoms with Gasteiger partial charge < -0.3 is 20.2 Å². The van der Waals surface area contributed by atoms with Crippen LogP contribution in [0.1, 0.15) is 36.5 Å². The largest absolute Gasteiger partial charge is 0.440 e. The Bertz CT molecular complexity index is 715. The highest BCUT2D eigenvalue weighted by Gasteiger charge is 2.20. The summed E-state index contributed by atoms with van der Waals surface area (Å²) >= 11 is 5.96. The number of carbonyl (C=O) groups excluding carboxylic acids is 1. The number of halogens is 1. The van der Waals surface area contributed by atoms with Crippen LogP contribution in [-0.4, -0.2) is 40.2 Å². The first kappa shape index (κ1) is 18.2. The van der Waals surface area contributed by atoms with Gasteiger partial charge in [0, 0.05) is 25.4 Å². The number of pyridine rings is 1. The van der Waals surface area contributed by atoms with Crippen LogP contribution in [0.25, 0.3) is 11.5 Å². The lowest BCUT2D eigenvalue weighted by Crippen LogP contribution is -2.25. The van der Waals surface area contributed by atoms with E-state index in [1.807, 2.05) is 13.8 Å². The van der Waals surface area contributed by atoms with Crippen LogP contribution in [-0.2, 0) is 0 Å². The number of aryl methyl sites for hydroxylation is 1. The molecule has 0 saturated heterocycles. The number of oxazole rings is 1. The molecule has 3 N–H and O–H groups in total. The van der Waals surface area contributed by atoms with Crippen LogP contribution < -0.4 is 10.6 Å². The maximum Gasteiger partial charge on any atom is 0.273 e. The van der Waals surface area contributed by atoms with Gasteiger partial charge in [0.25, 0.3) is 5.91 Å². The molecule has 130 valence electrons. The van der Waals surface area contributed by atoms with E-state index >= 15 is 0 Å². The number of hydrogen-bond donors (Lipinski definition) is 3. The SMILES string of the molecule is Cc1oc(-c2cnc(Cl)cc2NC(C)C)nc1C(=O)NCCCO. The zero-order valence-corrected chi connectivity index (χ0v) is 14.6. The summed E-state index contributed by atoms with van der Waals surface area (Å²) < 4.78 is 5.65. The summed E-state index contributed by atoms with van der Waals surface area (Å²) in [7, 11) is 0. The summed E-state index contributed by atoms with van der Waals surface area (Å²) in [6.07, 6.45) is 2.05. The third kappa shape index (κ3) is 4.46. The lowest BCUT2D eigenvalue weighted by molar-refractivity contribution is 0.0945. The zero-order chi connectivity index (χ0) is 17.7. The van der Waals surface area contributed by atoms with E-state index in [0.29, 0.717) is 35.3 Å². The Morgan fingerprint density at radius 3 is 2.88 bits per heavy atom. The van der Waals surface area contributed by atoms with Gasteiger partial charge in [-0.2, -0.15) is 0 Å². The van der Waals surface area contributed by atoms with Gasteiger partial charge in [0.15, 0.2) is 5.69 Å². The Kier molecular flexibility index (Phi) is 6.16. The Balaban J connectivity index is 2.30. The summed E-state index contributed by atoms with van der Waals surface area (Å²) in [6.45, 7) is 6.07. The van der Waals surface area contributed by atoms with E-state index in [2.05, 4.69) is 20.6 Å². The average molecular weight is 353 g/mol. The van der Waals surface area contributed by atoms with Crippen molar-refractivity contribution in [2.45, 2.75) is 33.2 Å². The molecule has 0 atom stereocenters. The number of nitrogens with one attached hydrogen (secondary N) is 2. The van der Waals surface area contributed by atoms with E-state index in [9.17, 15) is 4.79 Å². The van der Waals surface area contributed by atoms with Crippen molar-refractivity contribution in [2.75, 3.05) is 18.5 Å². The van der Waals surface area contributed by atoms with Crippen molar-refractivity contribution in [3.05, 3.63) is 28.9 Å². The fourth-order valence-electron chi connectivity index (χ4n) is 2.12. The summed E-state index contributed by atoms with van der Waals surface area (Å²) in [5.74, 6) is 0.375. The zero-order valence-electron chi connectivity index (χ0n) is 13.9. The fourth-order valence-corrected chi connectivity index (χ4v) is 2.28. The van der Waals surface area contributed by atoms with Gasteiger partial charge in [0.2, 0.25) is 5.89 Å². The monoisotopic (exact) mass is 352 g/mol.